The third-order valence-corrected chi connectivity index (χ3v) is 4.17. The molecule has 0 saturated heterocycles. The summed E-state index contributed by atoms with van der Waals surface area (Å²) in [6, 6.07) is 10.0. The summed E-state index contributed by atoms with van der Waals surface area (Å²) in [6.07, 6.45) is 0. The number of benzene rings is 1. The number of hydrogen-bond acceptors (Lipinski definition) is 3. The lowest BCUT2D eigenvalue weighted by molar-refractivity contribution is 0.277. The van der Waals surface area contributed by atoms with Gasteiger partial charge in [0, 0.05) is 17.6 Å². The number of aliphatic hydroxyl groups is 1. The zero-order chi connectivity index (χ0) is 15.4. The van der Waals surface area contributed by atoms with E-state index in [9.17, 15) is 5.11 Å². The van der Waals surface area contributed by atoms with Gasteiger partial charge in [0.05, 0.1) is 17.8 Å². The fraction of sp³-hybridized carbons (Fsp3) is 0.500. The van der Waals surface area contributed by atoms with Crippen LogP contribution in [0.3, 0.4) is 0 Å². The summed E-state index contributed by atoms with van der Waals surface area (Å²) < 4.78 is 0. The normalized spacial score (nSPS) is 11.8. The molecular formula is C18H26N2O. The second-order valence-electron chi connectivity index (χ2n) is 6.37. The maximum absolute atomic E-state index is 9.39. The van der Waals surface area contributed by atoms with Crippen molar-refractivity contribution in [2.45, 2.75) is 34.3 Å². The molecule has 0 saturated carbocycles. The topological polar surface area (TPSA) is 45.1 Å². The van der Waals surface area contributed by atoms with E-state index < -0.39 is 0 Å². The quantitative estimate of drug-likeness (QED) is 0.841. The SMILES string of the molecule is CC(C)C(CNc1cc(CO)nc2ccccc12)C(C)C. The third kappa shape index (κ3) is 3.73. The Morgan fingerprint density at radius 3 is 2.38 bits per heavy atom. The van der Waals surface area contributed by atoms with Gasteiger partial charge in [0.25, 0.3) is 0 Å². The molecule has 2 rings (SSSR count). The van der Waals surface area contributed by atoms with Gasteiger partial charge in [-0.25, -0.2) is 0 Å². The number of fused-ring (bicyclic) bond motifs is 1. The zero-order valence-corrected chi connectivity index (χ0v) is 13.4. The summed E-state index contributed by atoms with van der Waals surface area (Å²) >= 11 is 0. The van der Waals surface area contributed by atoms with Gasteiger partial charge in [-0.3, -0.25) is 4.98 Å². The van der Waals surface area contributed by atoms with Crippen LogP contribution in [0.25, 0.3) is 10.9 Å². The average Bonchev–Trinajstić information content (AvgIpc) is 2.46. The predicted octanol–water partition coefficient (Wildman–Crippen LogP) is 4.07. The summed E-state index contributed by atoms with van der Waals surface area (Å²) in [5.41, 5.74) is 2.70. The number of aliphatic hydroxyl groups excluding tert-OH is 1. The molecule has 21 heavy (non-hydrogen) atoms. The lowest BCUT2D eigenvalue weighted by atomic mass is 9.85. The lowest BCUT2D eigenvalue weighted by Crippen LogP contribution is -2.24. The minimum atomic E-state index is -0.0305. The summed E-state index contributed by atoms with van der Waals surface area (Å²) in [6.45, 7) is 10.0. The van der Waals surface area contributed by atoms with E-state index in [0.717, 1.165) is 23.1 Å². The third-order valence-electron chi connectivity index (χ3n) is 4.17. The highest BCUT2D eigenvalue weighted by molar-refractivity contribution is 5.91. The summed E-state index contributed by atoms with van der Waals surface area (Å²) in [5.74, 6) is 1.90. The molecule has 0 atom stereocenters. The maximum atomic E-state index is 9.39. The second-order valence-corrected chi connectivity index (χ2v) is 6.37. The van der Waals surface area contributed by atoms with Crippen LogP contribution in [-0.4, -0.2) is 16.6 Å². The highest BCUT2D eigenvalue weighted by atomic mass is 16.3. The van der Waals surface area contributed by atoms with E-state index in [0.29, 0.717) is 23.4 Å². The number of rotatable bonds is 6. The molecule has 0 fully saturated rings. The number of para-hydroxylation sites is 1. The Balaban J connectivity index is 2.28. The molecule has 1 aromatic carbocycles. The van der Waals surface area contributed by atoms with Crippen molar-refractivity contribution in [2.75, 3.05) is 11.9 Å². The first-order valence-corrected chi connectivity index (χ1v) is 7.76. The molecule has 0 aliphatic rings. The van der Waals surface area contributed by atoms with Gasteiger partial charge in [-0.1, -0.05) is 45.9 Å². The van der Waals surface area contributed by atoms with Crippen LogP contribution in [0, 0.1) is 17.8 Å². The molecule has 0 aliphatic carbocycles. The van der Waals surface area contributed by atoms with Crippen LogP contribution in [0.5, 0.6) is 0 Å². The van der Waals surface area contributed by atoms with E-state index in [1.807, 2.05) is 24.3 Å². The van der Waals surface area contributed by atoms with Crippen molar-refractivity contribution in [3.8, 4) is 0 Å². The van der Waals surface area contributed by atoms with Crippen molar-refractivity contribution in [3.63, 3.8) is 0 Å². The molecule has 0 radical (unpaired) electrons. The molecule has 2 N–H and O–H groups in total. The van der Waals surface area contributed by atoms with E-state index in [4.69, 9.17) is 0 Å². The van der Waals surface area contributed by atoms with Gasteiger partial charge >= 0.3 is 0 Å². The zero-order valence-electron chi connectivity index (χ0n) is 13.4. The van der Waals surface area contributed by atoms with Gasteiger partial charge in [-0.05, 0) is 29.9 Å². The number of nitrogens with zero attached hydrogens (tertiary/aromatic N) is 1. The van der Waals surface area contributed by atoms with Crippen molar-refractivity contribution in [1.82, 2.24) is 4.98 Å². The van der Waals surface area contributed by atoms with Crippen LogP contribution >= 0.6 is 0 Å². The Morgan fingerprint density at radius 1 is 1.10 bits per heavy atom. The minimum absolute atomic E-state index is 0.0305. The Morgan fingerprint density at radius 2 is 1.76 bits per heavy atom. The van der Waals surface area contributed by atoms with E-state index in [1.165, 1.54) is 0 Å². The molecular weight excluding hydrogens is 260 g/mol. The molecule has 2 aromatic rings. The van der Waals surface area contributed by atoms with Crippen molar-refractivity contribution in [3.05, 3.63) is 36.0 Å². The number of pyridine rings is 1. The molecule has 0 spiro atoms. The molecule has 0 aliphatic heterocycles. The van der Waals surface area contributed by atoms with Gasteiger partial charge in [-0.2, -0.15) is 0 Å². The minimum Gasteiger partial charge on any atom is -0.390 e. The number of aromatic nitrogens is 1. The monoisotopic (exact) mass is 286 g/mol. The number of hydrogen-bond donors (Lipinski definition) is 2. The van der Waals surface area contributed by atoms with Crippen LogP contribution in [0.1, 0.15) is 33.4 Å². The molecule has 0 amide bonds. The first kappa shape index (κ1) is 15.8. The van der Waals surface area contributed by atoms with Crippen molar-refractivity contribution in [1.29, 1.82) is 0 Å². The largest absolute Gasteiger partial charge is 0.390 e. The smallest absolute Gasteiger partial charge is 0.0854 e. The first-order valence-electron chi connectivity index (χ1n) is 7.76. The highest BCUT2D eigenvalue weighted by Gasteiger charge is 2.17. The van der Waals surface area contributed by atoms with Crippen LogP contribution in [0.15, 0.2) is 30.3 Å². The van der Waals surface area contributed by atoms with E-state index in [1.54, 1.807) is 0 Å². The van der Waals surface area contributed by atoms with Crippen LogP contribution in [0.2, 0.25) is 0 Å². The maximum Gasteiger partial charge on any atom is 0.0854 e. The van der Waals surface area contributed by atoms with E-state index in [2.05, 4.69) is 44.1 Å². The van der Waals surface area contributed by atoms with Gasteiger partial charge in [0.2, 0.25) is 0 Å². The molecule has 3 nitrogen and oxygen atoms in total. The summed E-state index contributed by atoms with van der Waals surface area (Å²) in [5, 5.41) is 14.1. The summed E-state index contributed by atoms with van der Waals surface area (Å²) in [4.78, 5) is 4.46. The molecule has 1 aromatic heterocycles. The van der Waals surface area contributed by atoms with Crippen molar-refractivity contribution >= 4 is 16.6 Å². The Bertz CT molecular complexity index is 585. The average molecular weight is 286 g/mol. The van der Waals surface area contributed by atoms with E-state index >= 15 is 0 Å². The van der Waals surface area contributed by atoms with Crippen LogP contribution in [0.4, 0.5) is 5.69 Å². The highest BCUT2D eigenvalue weighted by Crippen LogP contribution is 2.26. The standard InChI is InChI=1S/C18H26N2O/c1-12(2)16(13(3)4)10-19-18-9-14(11-21)20-17-8-6-5-7-15(17)18/h5-9,12-13,16,21H,10-11H2,1-4H3,(H,19,20). The lowest BCUT2D eigenvalue weighted by Gasteiger charge is -2.26. The number of nitrogens with one attached hydrogen (secondary N) is 1. The Labute approximate surface area is 127 Å². The van der Waals surface area contributed by atoms with Crippen LogP contribution < -0.4 is 5.32 Å². The second kappa shape index (κ2) is 6.90. The van der Waals surface area contributed by atoms with Gasteiger partial charge in [0.15, 0.2) is 0 Å². The van der Waals surface area contributed by atoms with Gasteiger partial charge in [0.1, 0.15) is 0 Å². The van der Waals surface area contributed by atoms with Gasteiger partial charge < -0.3 is 10.4 Å². The van der Waals surface area contributed by atoms with Crippen molar-refractivity contribution in [2.24, 2.45) is 17.8 Å². The number of anilines is 1. The molecule has 1 heterocycles. The summed E-state index contributed by atoms with van der Waals surface area (Å²) in [7, 11) is 0. The van der Waals surface area contributed by atoms with Gasteiger partial charge in [-0.15, -0.1) is 0 Å². The fourth-order valence-electron chi connectivity index (χ4n) is 2.93. The molecule has 114 valence electrons. The van der Waals surface area contributed by atoms with Crippen LogP contribution in [-0.2, 0) is 6.61 Å². The van der Waals surface area contributed by atoms with E-state index in [-0.39, 0.29) is 6.61 Å². The molecule has 0 bridgehead atoms. The fourth-order valence-corrected chi connectivity index (χ4v) is 2.93. The molecule has 3 heteroatoms. The Kier molecular flexibility index (Phi) is 5.18. The van der Waals surface area contributed by atoms with Crippen molar-refractivity contribution < 1.29 is 5.11 Å². The first-order chi connectivity index (χ1) is 10.0. The molecule has 0 unspecified atom stereocenters. The Hall–Kier alpha value is -1.61. The predicted molar refractivity (Wildman–Crippen MR) is 89.3 cm³/mol.